The molecule has 0 heterocycles. The minimum Gasteiger partial charge on any atom is -0.507 e. The van der Waals surface area contributed by atoms with Gasteiger partial charge in [0.05, 0.1) is 0 Å². The van der Waals surface area contributed by atoms with Gasteiger partial charge in [0.1, 0.15) is 5.75 Å². The smallest absolute Gasteiger partial charge is 0.124 e. The molecule has 8 rings (SSSR count). The largest absolute Gasteiger partial charge is 0.507 e. The number of allylic oxidation sites excluding steroid dienone is 5. The molecule has 2 aliphatic rings. The van der Waals surface area contributed by atoms with E-state index in [-0.39, 0.29) is 5.92 Å². The lowest BCUT2D eigenvalue weighted by molar-refractivity contribution is 0.481. The number of phenols is 1. The molecule has 0 amide bonds. The van der Waals surface area contributed by atoms with Crippen molar-refractivity contribution in [2.75, 3.05) is 0 Å². The van der Waals surface area contributed by atoms with E-state index in [9.17, 15) is 5.11 Å². The standard InChI is InChI=1S/C35H22O/c36-33-17-7-16-28-26-11-3-4-12-27(26)34-29-15-6-14-25(31(29)20-32(34)35(28)33)24-13-5-10-23-18-21-8-1-2-9-22(21)19-30(23)24/h1-20,25,36H. The number of phenolic OH excluding ortho intramolecular Hbond substituents is 1. The van der Waals surface area contributed by atoms with Crippen LogP contribution < -0.4 is 0 Å². The van der Waals surface area contributed by atoms with Crippen LogP contribution in [0.1, 0.15) is 22.6 Å². The van der Waals surface area contributed by atoms with Gasteiger partial charge in [-0.3, -0.25) is 0 Å². The molecule has 2 aliphatic carbocycles. The first-order valence-corrected chi connectivity index (χ1v) is 12.5. The summed E-state index contributed by atoms with van der Waals surface area (Å²) in [5, 5.41) is 20.5. The molecule has 0 aromatic heterocycles. The molecule has 0 spiro atoms. The van der Waals surface area contributed by atoms with Crippen LogP contribution in [0.25, 0.3) is 54.7 Å². The first-order valence-electron chi connectivity index (χ1n) is 12.5. The van der Waals surface area contributed by atoms with Crippen LogP contribution in [0.5, 0.6) is 5.75 Å². The van der Waals surface area contributed by atoms with Crippen molar-refractivity contribution in [3.63, 3.8) is 0 Å². The molecule has 1 atom stereocenters. The Labute approximate surface area is 208 Å². The van der Waals surface area contributed by atoms with Gasteiger partial charge in [0.25, 0.3) is 0 Å². The van der Waals surface area contributed by atoms with E-state index in [0.717, 1.165) is 16.3 Å². The highest BCUT2D eigenvalue weighted by molar-refractivity contribution is 6.22. The van der Waals surface area contributed by atoms with Crippen molar-refractivity contribution in [2.24, 2.45) is 0 Å². The SMILES string of the molecule is Oc1cccc2c1c1c(c3ccccc32)C2=CC=CC(c3cccc4cc5ccccc5cc34)C2=C1. The average molecular weight is 459 g/mol. The molecular formula is C35H22O. The monoisotopic (exact) mass is 458 g/mol. The number of rotatable bonds is 1. The van der Waals surface area contributed by atoms with Crippen molar-refractivity contribution in [2.45, 2.75) is 5.92 Å². The normalized spacial score (nSPS) is 16.4. The van der Waals surface area contributed by atoms with E-state index in [1.54, 1.807) is 6.07 Å². The maximum Gasteiger partial charge on any atom is 0.124 e. The summed E-state index contributed by atoms with van der Waals surface area (Å²) in [5.41, 5.74) is 6.24. The Hall–Kier alpha value is -4.62. The molecule has 0 fully saturated rings. The van der Waals surface area contributed by atoms with Crippen LogP contribution in [-0.2, 0) is 0 Å². The molecule has 1 unspecified atom stereocenters. The predicted molar refractivity (Wildman–Crippen MR) is 152 cm³/mol. The van der Waals surface area contributed by atoms with E-state index in [1.807, 2.05) is 6.07 Å². The van der Waals surface area contributed by atoms with Crippen LogP contribution in [0, 0.1) is 0 Å². The fourth-order valence-corrected chi connectivity index (χ4v) is 6.40. The molecule has 168 valence electrons. The van der Waals surface area contributed by atoms with E-state index < -0.39 is 0 Å². The van der Waals surface area contributed by atoms with E-state index in [1.165, 1.54) is 54.6 Å². The second-order valence-electron chi connectivity index (χ2n) is 9.84. The van der Waals surface area contributed by atoms with Crippen molar-refractivity contribution >= 4 is 54.7 Å². The summed E-state index contributed by atoms with van der Waals surface area (Å²) in [6, 6.07) is 34.3. The molecule has 6 aromatic carbocycles. The second-order valence-corrected chi connectivity index (χ2v) is 9.84. The molecule has 0 bridgehead atoms. The molecule has 0 aliphatic heterocycles. The number of benzene rings is 6. The number of fused-ring (bicyclic) bond motifs is 10. The summed E-state index contributed by atoms with van der Waals surface area (Å²) in [4.78, 5) is 0. The lowest BCUT2D eigenvalue weighted by Crippen LogP contribution is -2.03. The maximum atomic E-state index is 11.0. The highest BCUT2D eigenvalue weighted by atomic mass is 16.3. The number of hydrogen-bond acceptors (Lipinski definition) is 1. The lowest BCUT2D eigenvalue weighted by Gasteiger charge is -2.23. The molecule has 1 N–H and O–H groups in total. The Bertz CT molecular complexity index is 2000. The van der Waals surface area contributed by atoms with Crippen molar-refractivity contribution in [1.29, 1.82) is 0 Å². The van der Waals surface area contributed by atoms with Crippen molar-refractivity contribution in [1.82, 2.24) is 0 Å². The van der Waals surface area contributed by atoms with Gasteiger partial charge in [0, 0.05) is 11.3 Å². The van der Waals surface area contributed by atoms with E-state index in [0.29, 0.717) is 5.75 Å². The average Bonchev–Trinajstić information content (AvgIpc) is 3.32. The topological polar surface area (TPSA) is 20.2 Å². The third kappa shape index (κ3) is 2.60. The van der Waals surface area contributed by atoms with Crippen molar-refractivity contribution in [3.8, 4) is 5.75 Å². The fourth-order valence-electron chi connectivity index (χ4n) is 6.40. The van der Waals surface area contributed by atoms with E-state index in [4.69, 9.17) is 0 Å². The Morgan fingerprint density at radius 3 is 2.22 bits per heavy atom. The Morgan fingerprint density at radius 1 is 0.611 bits per heavy atom. The number of aromatic hydroxyl groups is 1. The first kappa shape index (κ1) is 19.7. The highest BCUT2D eigenvalue weighted by Gasteiger charge is 2.31. The molecule has 0 saturated carbocycles. The van der Waals surface area contributed by atoms with Crippen LogP contribution in [0.2, 0.25) is 0 Å². The molecule has 0 saturated heterocycles. The minimum absolute atomic E-state index is 0.141. The van der Waals surface area contributed by atoms with Crippen LogP contribution in [0.3, 0.4) is 0 Å². The molecule has 36 heavy (non-hydrogen) atoms. The zero-order valence-electron chi connectivity index (χ0n) is 19.6. The van der Waals surface area contributed by atoms with Crippen molar-refractivity contribution < 1.29 is 5.11 Å². The van der Waals surface area contributed by atoms with Gasteiger partial charge < -0.3 is 5.11 Å². The molecular weight excluding hydrogens is 436 g/mol. The first-order chi connectivity index (χ1) is 17.8. The molecule has 0 radical (unpaired) electrons. The van der Waals surface area contributed by atoms with Crippen molar-refractivity contribution in [3.05, 3.63) is 138 Å². The summed E-state index contributed by atoms with van der Waals surface area (Å²) in [6.07, 6.45) is 9.09. The maximum absolute atomic E-state index is 11.0. The van der Waals surface area contributed by atoms with Crippen LogP contribution in [-0.4, -0.2) is 5.11 Å². The highest BCUT2D eigenvalue weighted by Crippen LogP contribution is 2.52. The van der Waals surface area contributed by atoms with Gasteiger partial charge in [-0.05, 0) is 89.8 Å². The summed E-state index contributed by atoms with van der Waals surface area (Å²) >= 11 is 0. The van der Waals surface area contributed by atoms with E-state index >= 15 is 0 Å². The fraction of sp³-hybridized carbons (Fsp3) is 0.0286. The molecule has 1 heteroatoms. The molecule has 1 nitrogen and oxygen atoms in total. The minimum atomic E-state index is 0.141. The van der Waals surface area contributed by atoms with Crippen LogP contribution in [0.15, 0.2) is 121 Å². The molecule has 6 aromatic rings. The summed E-state index contributed by atoms with van der Waals surface area (Å²) < 4.78 is 0. The zero-order chi connectivity index (χ0) is 23.8. The van der Waals surface area contributed by atoms with Gasteiger partial charge in [0.2, 0.25) is 0 Å². The number of hydrogen-bond donors (Lipinski definition) is 1. The lowest BCUT2D eigenvalue weighted by atomic mass is 9.80. The zero-order valence-corrected chi connectivity index (χ0v) is 19.6. The Balaban J connectivity index is 1.41. The quantitative estimate of drug-likeness (QED) is 0.192. The van der Waals surface area contributed by atoms with Crippen LogP contribution >= 0.6 is 0 Å². The third-order valence-electron chi connectivity index (χ3n) is 7.96. The summed E-state index contributed by atoms with van der Waals surface area (Å²) in [7, 11) is 0. The van der Waals surface area contributed by atoms with Gasteiger partial charge in [-0.25, -0.2) is 0 Å². The van der Waals surface area contributed by atoms with Gasteiger partial charge in [-0.1, -0.05) is 97.1 Å². The van der Waals surface area contributed by atoms with Crippen LogP contribution in [0.4, 0.5) is 0 Å². The second kappa shape index (κ2) is 7.19. The van der Waals surface area contributed by atoms with Gasteiger partial charge in [-0.2, -0.15) is 0 Å². The Kier molecular flexibility index (Phi) is 3.93. The van der Waals surface area contributed by atoms with Gasteiger partial charge in [0.15, 0.2) is 0 Å². The van der Waals surface area contributed by atoms with Gasteiger partial charge >= 0.3 is 0 Å². The Morgan fingerprint density at radius 2 is 1.33 bits per heavy atom. The summed E-state index contributed by atoms with van der Waals surface area (Å²) in [6.45, 7) is 0. The van der Waals surface area contributed by atoms with Gasteiger partial charge in [-0.15, -0.1) is 0 Å². The predicted octanol–water partition coefficient (Wildman–Crippen LogP) is 9.14. The van der Waals surface area contributed by atoms with E-state index in [2.05, 4.69) is 109 Å². The third-order valence-corrected chi connectivity index (χ3v) is 7.96. The summed E-state index contributed by atoms with van der Waals surface area (Å²) in [5.74, 6) is 0.480.